The number of esters is 1. The molecular formula is C10H10N2O4S. The molecule has 0 saturated heterocycles. The van der Waals surface area contributed by atoms with E-state index in [1.165, 1.54) is 17.4 Å². The molecule has 3 amide bonds. The van der Waals surface area contributed by atoms with Gasteiger partial charge in [0.15, 0.2) is 6.61 Å². The lowest BCUT2D eigenvalue weighted by molar-refractivity contribution is -0.143. The summed E-state index contributed by atoms with van der Waals surface area (Å²) in [4.78, 5) is 33.2. The van der Waals surface area contributed by atoms with Gasteiger partial charge in [-0.25, -0.2) is 9.59 Å². The minimum atomic E-state index is -0.986. The molecule has 6 nitrogen and oxygen atoms in total. The van der Waals surface area contributed by atoms with Crippen molar-refractivity contribution in [2.24, 2.45) is 5.73 Å². The van der Waals surface area contributed by atoms with Gasteiger partial charge in [0.05, 0.1) is 0 Å². The van der Waals surface area contributed by atoms with Gasteiger partial charge in [-0.05, 0) is 17.5 Å². The SMILES string of the molecule is NC(=O)NC(=O)COC(=O)C=Cc1cccs1. The predicted octanol–water partition coefficient (Wildman–Crippen LogP) is 0.499. The quantitative estimate of drug-likeness (QED) is 0.603. The lowest BCUT2D eigenvalue weighted by Crippen LogP contribution is -2.37. The molecule has 0 bridgehead atoms. The number of nitrogens with two attached hydrogens (primary N) is 1. The van der Waals surface area contributed by atoms with Crippen LogP contribution in [-0.4, -0.2) is 24.5 Å². The molecule has 0 saturated carbocycles. The van der Waals surface area contributed by atoms with Crippen LogP contribution < -0.4 is 11.1 Å². The number of rotatable bonds is 4. The molecule has 90 valence electrons. The van der Waals surface area contributed by atoms with Crippen molar-refractivity contribution in [3.63, 3.8) is 0 Å². The Morgan fingerprint density at radius 3 is 2.82 bits per heavy atom. The maximum Gasteiger partial charge on any atom is 0.331 e. The number of nitrogens with one attached hydrogen (secondary N) is 1. The maximum atomic E-state index is 11.1. The van der Waals surface area contributed by atoms with E-state index in [1.54, 1.807) is 11.4 Å². The van der Waals surface area contributed by atoms with Crippen molar-refractivity contribution in [3.05, 3.63) is 28.5 Å². The Balaban J connectivity index is 2.30. The topological polar surface area (TPSA) is 98.5 Å². The first-order valence-corrected chi connectivity index (χ1v) is 5.43. The summed E-state index contributed by atoms with van der Waals surface area (Å²) in [6, 6.07) is 2.68. The molecule has 0 aliphatic rings. The fraction of sp³-hybridized carbons (Fsp3) is 0.100. The molecule has 1 aromatic rings. The summed E-state index contributed by atoms with van der Waals surface area (Å²) in [6.45, 7) is -0.545. The minimum absolute atomic E-state index is 0.545. The molecule has 1 rings (SSSR count). The average molecular weight is 254 g/mol. The first kappa shape index (κ1) is 12.9. The van der Waals surface area contributed by atoms with E-state index >= 15 is 0 Å². The van der Waals surface area contributed by atoms with E-state index in [1.807, 2.05) is 17.5 Å². The summed E-state index contributed by atoms with van der Waals surface area (Å²) in [6.07, 6.45) is 2.77. The number of hydrogen-bond donors (Lipinski definition) is 2. The van der Waals surface area contributed by atoms with E-state index in [-0.39, 0.29) is 0 Å². The lowest BCUT2D eigenvalue weighted by Gasteiger charge is -2.00. The van der Waals surface area contributed by atoms with E-state index in [2.05, 4.69) is 4.74 Å². The normalized spacial score (nSPS) is 10.1. The van der Waals surface area contributed by atoms with Crippen molar-refractivity contribution in [2.75, 3.05) is 6.61 Å². The van der Waals surface area contributed by atoms with Gasteiger partial charge in [-0.3, -0.25) is 10.1 Å². The van der Waals surface area contributed by atoms with Crippen LogP contribution in [0.1, 0.15) is 4.88 Å². The monoisotopic (exact) mass is 254 g/mol. The van der Waals surface area contributed by atoms with Crippen molar-refractivity contribution in [1.82, 2.24) is 5.32 Å². The summed E-state index contributed by atoms with van der Waals surface area (Å²) >= 11 is 1.46. The number of carbonyl (C=O) groups excluding carboxylic acids is 3. The van der Waals surface area contributed by atoms with Crippen LogP contribution in [0.15, 0.2) is 23.6 Å². The molecule has 0 spiro atoms. The number of hydrogen-bond acceptors (Lipinski definition) is 5. The summed E-state index contributed by atoms with van der Waals surface area (Å²) in [7, 11) is 0. The van der Waals surface area contributed by atoms with Crippen LogP contribution in [0.3, 0.4) is 0 Å². The van der Waals surface area contributed by atoms with Gasteiger partial charge in [-0.2, -0.15) is 0 Å². The minimum Gasteiger partial charge on any atom is -0.452 e. The molecule has 0 radical (unpaired) electrons. The summed E-state index contributed by atoms with van der Waals surface area (Å²) in [5.74, 6) is -1.44. The number of thiophene rings is 1. The predicted molar refractivity (Wildman–Crippen MR) is 62.0 cm³/mol. The van der Waals surface area contributed by atoms with E-state index in [4.69, 9.17) is 5.73 Å². The van der Waals surface area contributed by atoms with Gasteiger partial charge in [-0.1, -0.05) is 6.07 Å². The Kier molecular flexibility index (Phi) is 4.89. The lowest BCUT2D eigenvalue weighted by atomic mass is 10.4. The smallest absolute Gasteiger partial charge is 0.331 e. The van der Waals surface area contributed by atoms with Crippen LogP contribution in [-0.2, 0) is 14.3 Å². The highest BCUT2D eigenvalue weighted by atomic mass is 32.1. The van der Waals surface area contributed by atoms with Gasteiger partial charge >= 0.3 is 12.0 Å². The first-order chi connectivity index (χ1) is 8.08. The zero-order valence-electron chi connectivity index (χ0n) is 8.71. The number of urea groups is 1. The van der Waals surface area contributed by atoms with Crippen molar-refractivity contribution < 1.29 is 19.1 Å². The number of ether oxygens (including phenoxy) is 1. The second-order valence-electron chi connectivity index (χ2n) is 2.87. The number of primary amides is 1. The molecule has 1 heterocycles. The Labute approximate surface area is 101 Å². The van der Waals surface area contributed by atoms with Crippen LogP contribution >= 0.6 is 11.3 Å². The highest BCUT2D eigenvalue weighted by molar-refractivity contribution is 7.10. The zero-order chi connectivity index (χ0) is 12.7. The molecule has 0 atom stereocenters. The van der Waals surface area contributed by atoms with Gasteiger partial charge in [0, 0.05) is 11.0 Å². The largest absolute Gasteiger partial charge is 0.452 e. The molecule has 0 aliphatic heterocycles. The van der Waals surface area contributed by atoms with E-state index in [0.29, 0.717) is 0 Å². The van der Waals surface area contributed by atoms with Crippen LogP contribution in [0.5, 0.6) is 0 Å². The van der Waals surface area contributed by atoms with Gasteiger partial charge in [0.25, 0.3) is 5.91 Å². The molecular weight excluding hydrogens is 244 g/mol. The van der Waals surface area contributed by atoms with E-state index < -0.39 is 24.5 Å². The maximum absolute atomic E-state index is 11.1. The molecule has 0 aliphatic carbocycles. The van der Waals surface area contributed by atoms with Crippen LogP contribution in [0.2, 0.25) is 0 Å². The molecule has 0 aromatic carbocycles. The third kappa shape index (κ3) is 5.47. The second kappa shape index (κ2) is 6.44. The average Bonchev–Trinajstić information content (AvgIpc) is 2.75. The fourth-order valence-corrected chi connectivity index (χ4v) is 1.51. The molecule has 1 aromatic heterocycles. The third-order valence-corrected chi connectivity index (χ3v) is 2.37. The standard InChI is InChI=1S/C10H10N2O4S/c11-10(15)12-8(13)6-16-9(14)4-3-7-2-1-5-17-7/h1-5H,6H2,(H3,11,12,13,15). The van der Waals surface area contributed by atoms with Gasteiger partial charge in [0.2, 0.25) is 0 Å². The van der Waals surface area contributed by atoms with E-state index in [0.717, 1.165) is 4.88 Å². The Bertz CT molecular complexity index is 439. The van der Waals surface area contributed by atoms with Gasteiger partial charge in [0.1, 0.15) is 0 Å². The Hall–Kier alpha value is -2.15. The highest BCUT2D eigenvalue weighted by Gasteiger charge is 2.06. The molecule has 0 fully saturated rings. The molecule has 7 heteroatoms. The first-order valence-electron chi connectivity index (χ1n) is 4.55. The molecule has 0 unspecified atom stereocenters. The summed E-state index contributed by atoms with van der Waals surface area (Å²) in [5, 5.41) is 3.63. The highest BCUT2D eigenvalue weighted by Crippen LogP contribution is 2.09. The summed E-state index contributed by atoms with van der Waals surface area (Å²) in [5.41, 5.74) is 4.70. The summed E-state index contributed by atoms with van der Waals surface area (Å²) < 4.78 is 4.56. The molecule has 3 N–H and O–H groups in total. The third-order valence-electron chi connectivity index (χ3n) is 1.54. The second-order valence-corrected chi connectivity index (χ2v) is 3.85. The van der Waals surface area contributed by atoms with Crippen LogP contribution in [0.25, 0.3) is 6.08 Å². The zero-order valence-corrected chi connectivity index (χ0v) is 9.53. The fourth-order valence-electron chi connectivity index (χ4n) is 0.895. The van der Waals surface area contributed by atoms with Crippen LogP contribution in [0, 0.1) is 0 Å². The van der Waals surface area contributed by atoms with Gasteiger partial charge in [-0.15, -0.1) is 11.3 Å². The van der Waals surface area contributed by atoms with Gasteiger partial charge < -0.3 is 10.5 Å². The Morgan fingerprint density at radius 2 is 2.24 bits per heavy atom. The van der Waals surface area contributed by atoms with Crippen molar-refractivity contribution in [1.29, 1.82) is 0 Å². The number of amides is 3. The van der Waals surface area contributed by atoms with Crippen molar-refractivity contribution in [3.8, 4) is 0 Å². The number of imide groups is 1. The molecule has 17 heavy (non-hydrogen) atoms. The number of carbonyl (C=O) groups is 3. The van der Waals surface area contributed by atoms with Crippen molar-refractivity contribution >= 4 is 35.3 Å². The van der Waals surface area contributed by atoms with Crippen molar-refractivity contribution in [2.45, 2.75) is 0 Å². The Morgan fingerprint density at radius 1 is 1.47 bits per heavy atom. The van der Waals surface area contributed by atoms with E-state index in [9.17, 15) is 14.4 Å². The van der Waals surface area contributed by atoms with Crippen LogP contribution in [0.4, 0.5) is 4.79 Å².